The molecule has 0 aromatic heterocycles. The second-order valence-corrected chi connectivity index (χ2v) is 8.97. The van der Waals surface area contributed by atoms with Crippen molar-refractivity contribution in [2.24, 2.45) is 5.92 Å². The standard InChI is InChI=1S/C26H30N2O5/c1-28(15-17-7-6-8-17)25(31)23(13-14-24(29)30)27-26(32)33-16-22-20-11-4-2-9-18(20)19-10-3-5-12-21(19)22/h2-5,9-12,17,22-23H,6-8,13-16H2,1H3,(H,27,32)(H,29,30). The summed E-state index contributed by atoms with van der Waals surface area (Å²) >= 11 is 0. The summed E-state index contributed by atoms with van der Waals surface area (Å²) in [7, 11) is 1.70. The smallest absolute Gasteiger partial charge is 0.407 e. The lowest BCUT2D eigenvalue weighted by Crippen LogP contribution is -2.49. The number of aliphatic carboxylic acids is 1. The molecule has 1 fully saturated rings. The zero-order valence-corrected chi connectivity index (χ0v) is 18.8. The van der Waals surface area contributed by atoms with Gasteiger partial charge in [-0.2, -0.15) is 0 Å². The highest BCUT2D eigenvalue weighted by Crippen LogP contribution is 2.44. The minimum Gasteiger partial charge on any atom is -0.481 e. The molecule has 33 heavy (non-hydrogen) atoms. The Morgan fingerprint density at radius 3 is 2.21 bits per heavy atom. The van der Waals surface area contributed by atoms with E-state index in [2.05, 4.69) is 17.4 Å². The van der Waals surface area contributed by atoms with Crippen molar-refractivity contribution >= 4 is 18.0 Å². The number of alkyl carbamates (subject to hydrolysis) is 1. The van der Waals surface area contributed by atoms with Gasteiger partial charge in [0.15, 0.2) is 0 Å². The SMILES string of the molecule is CN(CC1CCC1)C(=O)C(CCC(=O)O)NC(=O)OCC1c2ccccc2-c2ccccc21. The van der Waals surface area contributed by atoms with E-state index < -0.39 is 18.1 Å². The van der Waals surface area contributed by atoms with Gasteiger partial charge in [0.2, 0.25) is 5.91 Å². The molecule has 1 unspecified atom stereocenters. The lowest BCUT2D eigenvalue weighted by molar-refractivity contribution is -0.138. The number of carbonyl (C=O) groups is 3. The van der Waals surface area contributed by atoms with Crippen molar-refractivity contribution in [3.63, 3.8) is 0 Å². The molecule has 2 N–H and O–H groups in total. The van der Waals surface area contributed by atoms with Crippen LogP contribution in [-0.2, 0) is 14.3 Å². The quantitative estimate of drug-likeness (QED) is 0.602. The van der Waals surface area contributed by atoms with Crippen LogP contribution in [0.15, 0.2) is 48.5 Å². The third-order valence-corrected chi connectivity index (χ3v) is 6.71. The Labute approximate surface area is 193 Å². The van der Waals surface area contributed by atoms with Gasteiger partial charge in [0, 0.05) is 25.9 Å². The number of carbonyl (C=O) groups excluding carboxylic acids is 2. The van der Waals surface area contributed by atoms with Crippen LogP contribution in [0, 0.1) is 5.92 Å². The number of likely N-dealkylation sites (N-methyl/N-ethyl adjacent to an activating group) is 1. The van der Waals surface area contributed by atoms with Crippen LogP contribution in [0.1, 0.15) is 49.1 Å². The molecule has 0 saturated heterocycles. The molecule has 0 bridgehead atoms. The number of nitrogens with one attached hydrogen (secondary N) is 1. The first-order valence-electron chi connectivity index (χ1n) is 11.5. The average Bonchev–Trinajstić information content (AvgIpc) is 3.10. The van der Waals surface area contributed by atoms with E-state index in [1.807, 2.05) is 36.4 Å². The van der Waals surface area contributed by atoms with Crippen LogP contribution in [0.5, 0.6) is 0 Å². The van der Waals surface area contributed by atoms with Gasteiger partial charge in [0.05, 0.1) is 0 Å². The maximum absolute atomic E-state index is 12.9. The Hall–Kier alpha value is -3.35. The highest BCUT2D eigenvalue weighted by Gasteiger charge is 2.31. The zero-order chi connectivity index (χ0) is 23.4. The van der Waals surface area contributed by atoms with Crippen molar-refractivity contribution in [3.8, 4) is 11.1 Å². The second kappa shape index (κ2) is 10.1. The Bertz CT molecular complexity index is 987. The summed E-state index contributed by atoms with van der Waals surface area (Å²) in [5.74, 6) is -0.897. The number of hydrogen-bond donors (Lipinski definition) is 2. The molecule has 0 radical (unpaired) electrons. The Morgan fingerprint density at radius 2 is 1.67 bits per heavy atom. The number of rotatable bonds is 9. The number of benzene rings is 2. The fourth-order valence-electron chi connectivity index (χ4n) is 4.73. The summed E-state index contributed by atoms with van der Waals surface area (Å²) in [6, 6.07) is 15.2. The van der Waals surface area contributed by atoms with Gasteiger partial charge >= 0.3 is 12.1 Å². The second-order valence-electron chi connectivity index (χ2n) is 8.97. The molecule has 2 aromatic carbocycles. The van der Waals surface area contributed by atoms with Crippen LogP contribution >= 0.6 is 0 Å². The highest BCUT2D eigenvalue weighted by molar-refractivity contribution is 5.86. The van der Waals surface area contributed by atoms with E-state index in [0.29, 0.717) is 12.5 Å². The average molecular weight is 451 g/mol. The van der Waals surface area contributed by atoms with Crippen LogP contribution in [0.4, 0.5) is 4.79 Å². The zero-order valence-electron chi connectivity index (χ0n) is 18.8. The molecule has 2 aliphatic rings. The number of ether oxygens (including phenoxy) is 1. The fourth-order valence-corrected chi connectivity index (χ4v) is 4.73. The maximum atomic E-state index is 12.9. The molecule has 2 aromatic rings. The van der Waals surface area contributed by atoms with Gasteiger partial charge in [-0.1, -0.05) is 55.0 Å². The first-order chi connectivity index (χ1) is 15.9. The monoisotopic (exact) mass is 450 g/mol. The van der Waals surface area contributed by atoms with Gasteiger partial charge in [-0.25, -0.2) is 4.79 Å². The van der Waals surface area contributed by atoms with Gasteiger partial charge in [0.25, 0.3) is 0 Å². The highest BCUT2D eigenvalue weighted by atomic mass is 16.5. The van der Waals surface area contributed by atoms with Crippen LogP contribution in [0.2, 0.25) is 0 Å². The van der Waals surface area contributed by atoms with E-state index in [9.17, 15) is 14.4 Å². The molecule has 1 saturated carbocycles. The van der Waals surface area contributed by atoms with E-state index in [1.165, 1.54) is 6.42 Å². The van der Waals surface area contributed by atoms with Crippen molar-refractivity contribution in [2.75, 3.05) is 20.2 Å². The molecular weight excluding hydrogens is 420 g/mol. The number of carboxylic acid groups (broad SMARTS) is 1. The lowest BCUT2D eigenvalue weighted by atomic mass is 9.85. The Balaban J connectivity index is 1.40. The van der Waals surface area contributed by atoms with Crippen molar-refractivity contribution in [1.29, 1.82) is 0 Å². The molecule has 7 heteroatoms. The molecule has 0 aliphatic heterocycles. The third kappa shape index (κ3) is 5.18. The normalized spacial score (nSPS) is 15.7. The van der Waals surface area contributed by atoms with E-state index in [1.54, 1.807) is 11.9 Å². The van der Waals surface area contributed by atoms with Gasteiger partial charge in [-0.3, -0.25) is 9.59 Å². The predicted octanol–water partition coefficient (Wildman–Crippen LogP) is 4.02. The molecule has 1 atom stereocenters. The first kappa shape index (κ1) is 22.8. The summed E-state index contributed by atoms with van der Waals surface area (Å²) in [5.41, 5.74) is 4.47. The van der Waals surface area contributed by atoms with E-state index in [4.69, 9.17) is 9.84 Å². The summed E-state index contributed by atoms with van der Waals surface area (Å²) < 4.78 is 5.55. The molecule has 0 heterocycles. The van der Waals surface area contributed by atoms with Gasteiger partial charge in [0.1, 0.15) is 12.6 Å². The van der Waals surface area contributed by atoms with Crippen LogP contribution in [-0.4, -0.2) is 54.2 Å². The fraction of sp³-hybridized carbons (Fsp3) is 0.423. The van der Waals surface area contributed by atoms with Crippen LogP contribution in [0.3, 0.4) is 0 Å². The summed E-state index contributed by atoms with van der Waals surface area (Å²) in [6.07, 6.45) is 2.46. The number of hydrogen-bond acceptors (Lipinski definition) is 4. The molecule has 2 amide bonds. The number of nitrogens with zero attached hydrogens (tertiary/aromatic N) is 1. The van der Waals surface area contributed by atoms with E-state index in [-0.39, 0.29) is 31.3 Å². The maximum Gasteiger partial charge on any atom is 0.407 e. The minimum absolute atomic E-state index is 0.0212. The minimum atomic E-state index is -1.01. The predicted molar refractivity (Wildman–Crippen MR) is 124 cm³/mol. The first-order valence-corrected chi connectivity index (χ1v) is 11.5. The summed E-state index contributed by atoms with van der Waals surface area (Å²) in [6.45, 7) is 0.756. The summed E-state index contributed by atoms with van der Waals surface area (Å²) in [5, 5.41) is 11.7. The van der Waals surface area contributed by atoms with Crippen molar-refractivity contribution in [3.05, 3.63) is 59.7 Å². The van der Waals surface area contributed by atoms with Crippen LogP contribution in [0.25, 0.3) is 11.1 Å². The number of amides is 2. The molecule has 4 rings (SSSR count). The molecule has 0 spiro atoms. The van der Waals surface area contributed by atoms with Gasteiger partial charge in [-0.05, 0) is 47.4 Å². The van der Waals surface area contributed by atoms with Crippen molar-refractivity contribution in [1.82, 2.24) is 10.2 Å². The molecule has 7 nitrogen and oxygen atoms in total. The number of fused-ring (bicyclic) bond motifs is 3. The molecule has 2 aliphatic carbocycles. The summed E-state index contributed by atoms with van der Waals surface area (Å²) in [4.78, 5) is 38.2. The van der Waals surface area contributed by atoms with Gasteiger partial charge < -0.3 is 20.1 Å². The largest absolute Gasteiger partial charge is 0.481 e. The molecular formula is C26H30N2O5. The van der Waals surface area contributed by atoms with Crippen LogP contribution < -0.4 is 5.32 Å². The Kier molecular flexibility index (Phi) is 6.96. The Morgan fingerprint density at radius 1 is 1.06 bits per heavy atom. The third-order valence-electron chi connectivity index (χ3n) is 6.71. The van der Waals surface area contributed by atoms with Crippen molar-refractivity contribution < 1.29 is 24.2 Å². The van der Waals surface area contributed by atoms with E-state index in [0.717, 1.165) is 35.1 Å². The van der Waals surface area contributed by atoms with Crippen molar-refractivity contribution in [2.45, 2.75) is 44.1 Å². The van der Waals surface area contributed by atoms with E-state index >= 15 is 0 Å². The number of carboxylic acids is 1. The topological polar surface area (TPSA) is 95.9 Å². The lowest BCUT2D eigenvalue weighted by Gasteiger charge is -2.32. The van der Waals surface area contributed by atoms with Gasteiger partial charge in [-0.15, -0.1) is 0 Å². The molecule has 174 valence electrons.